The highest BCUT2D eigenvalue weighted by atomic mass is 32.2. The smallest absolute Gasteiger partial charge is 0.251 e. The van der Waals surface area contributed by atoms with E-state index in [1.165, 1.54) is 25.7 Å². The Hall–Kier alpha value is -1.16. The van der Waals surface area contributed by atoms with Crippen LogP contribution in [0.1, 0.15) is 49.9 Å². The van der Waals surface area contributed by atoms with E-state index in [0.29, 0.717) is 17.4 Å². The lowest BCUT2D eigenvalue weighted by atomic mass is 9.91. The molecule has 0 aromatic heterocycles. The molecule has 1 amide bonds. The number of benzene rings is 1. The number of hydrogen-bond donors (Lipinski definition) is 2. The summed E-state index contributed by atoms with van der Waals surface area (Å²) in [4.78, 5) is 12.9. The molecule has 1 aliphatic rings. The van der Waals surface area contributed by atoms with E-state index in [-0.39, 0.29) is 5.91 Å². The van der Waals surface area contributed by atoms with Gasteiger partial charge in [0.15, 0.2) is 0 Å². The van der Waals surface area contributed by atoms with Crippen molar-refractivity contribution in [3.8, 4) is 0 Å². The van der Waals surface area contributed by atoms with Gasteiger partial charge in [-0.2, -0.15) is 0 Å². The predicted octanol–water partition coefficient (Wildman–Crippen LogP) is 3.69. The van der Waals surface area contributed by atoms with Crippen LogP contribution in [0.3, 0.4) is 0 Å². The summed E-state index contributed by atoms with van der Waals surface area (Å²) in [5.41, 5.74) is 7.47. The number of anilines is 1. The zero-order chi connectivity index (χ0) is 14.5. The Morgan fingerprint density at radius 2 is 2.25 bits per heavy atom. The maximum atomic E-state index is 11.8. The molecule has 3 nitrogen and oxygen atoms in total. The third-order valence-corrected chi connectivity index (χ3v) is 5.18. The molecule has 3 N–H and O–H groups in total. The lowest BCUT2D eigenvalue weighted by Crippen LogP contribution is -2.22. The zero-order valence-corrected chi connectivity index (χ0v) is 13.1. The Bertz CT molecular complexity index is 476. The first-order chi connectivity index (χ1) is 9.60. The first-order valence-electron chi connectivity index (χ1n) is 7.44. The highest BCUT2D eigenvalue weighted by molar-refractivity contribution is 8.00. The van der Waals surface area contributed by atoms with Crippen molar-refractivity contribution in [2.45, 2.75) is 49.7 Å². The topological polar surface area (TPSA) is 55.1 Å². The van der Waals surface area contributed by atoms with Crippen LogP contribution in [0.25, 0.3) is 0 Å². The summed E-state index contributed by atoms with van der Waals surface area (Å²) in [5, 5.41) is 3.46. The van der Waals surface area contributed by atoms with Crippen molar-refractivity contribution in [2.24, 2.45) is 5.92 Å². The van der Waals surface area contributed by atoms with Crippen LogP contribution in [0.4, 0.5) is 5.69 Å². The molecule has 0 radical (unpaired) electrons. The van der Waals surface area contributed by atoms with Crippen molar-refractivity contribution in [3.05, 3.63) is 23.8 Å². The number of carbonyl (C=O) groups excluding carboxylic acids is 1. The average Bonchev–Trinajstić information content (AvgIpc) is 2.41. The fraction of sp³-hybridized carbons (Fsp3) is 0.562. The van der Waals surface area contributed by atoms with Crippen LogP contribution in [0.2, 0.25) is 0 Å². The fourth-order valence-corrected chi connectivity index (χ4v) is 4.13. The molecule has 110 valence electrons. The van der Waals surface area contributed by atoms with E-state index in [0.717, 1.165) is 16.5 Å². The van der Waals surface area contributed by atoms with Crippen LogP contribution in [-0.4, -0.2) is 17.7 Å². The summed E-state index contributed by atoms with van der Waals surface area (Å²) in [7, 11) is 0. The highest BCUT2D eigenvalue weighted by Gasteiger charge is 2.20. The number of nitrogens with two attached hydrogens (primary N) is 1. The van der Waals surface area contributed by atoms with Gasteiger partial charge >= 0.3 is 0 Å². The maximum Gasteiger partial charge on any atom is 0.251 e. The van der Waals surface area contributed by atoms with Crippen molar-refractivity contribution in [1.82, 2.24) is 5.32 Å². The van der Waals surface area contributed by atoms with Crippen molar-refractivity contribution >= 4 is 23.4 Å². The van der Waals surface area contributed by atoms with Gasteiger partial charge in [-0.3, -0.25) is 4.79 Å². The number of carbonyl (C=O) groups is 1. The third-order valence-electron chi connectivity index (χ3n) is 3.79. The molecular formula is C16H24N2OS. The number of rotatable bonds is 4. The van der Waals surface area contributed by atoms with Gasteiger partial charge in [-0.25, -0.2) is 0 Å². The molecule has 0 spiro atoms. The Labute approximate surface area is 125 Å². The van der Waals surface area contributed by atoms with Gasteiger partial charge in [0.05, 0.1) is 0 Å². The number of amides is 1. The number of nitrogens with one attached hydrogen (secondary N) is 1. The summed E-state index contributed by atoms with van der Waals surface area (Å²) in [6.45, 7) is 4.87. The van der Waals surface area contributed by atoms with E-state index in [1.54, 1.807) is 6.07 Å². The number of nitrogen functional groups attached to an aromatic ring is 1. The molecule has 1 fully saturated rings. The maximum absolute atomic E-state index is 11.8. The van der Waals surface area contributed by atoms with Gasteiger partial charge in [-0.15, -0.1) is 11.8 Å². The minimum Gasteiger partial charge on any atom is -0.398 e. The van der Waals surface area contributed by atoms with Crippen LogP contribution >= 0.6 is 11.8 Å². The van der Waals surface area contributed by atoms with E-state index in [2.05, 4.69) is 12.2 Å². The van der Waals surface area contributed by atoms with E-state index in [1.807, 2.05) is 30.8 Å². The lowest BCUT2D eigenvalue weighted by Gasteiger charge is -2.26. The standard InChI is InChI=1S/C16H24N2OS/c1-3-18-16(19)12-7-8-15(14(17)10-12)20-13-6-4-5-11(2)9-13/h7-8,10-11,13H,3-6,9,17H2,1-2H3,(H,18,19). The first-order valence-corrected chi connectivity index (χ1v) is 8.32. The predicted molar refractivity (Wildman–Crippen MR) is 86.1 cm³/mol. The van der Waals surface area contributed by atoms with Gasteiger partial charge in [0.2, 0.25) is 0 Å². The van der Waals surface area contributed by atoms with Crippen molar-refractivity contribution < 1.29 is 4.79 Å². The average molecular weight is 292 g/mol. The molecular weight excluding hydrogens is 268 g/mol. The van der Waals surface area contributed by atoms with E-state index < -0.39 is 0 Å². The molecule has 0 heterocycles. The van der Waals surface area contributed by atoms with Crippen LogP contribution < -0.4 is 11.1 Å². The minimum absolute atomic E-state index is 0.0537. The van der Waals surface area contributed by atoms with Gasteiger partial charge < -0.3 is 11.1 Å². The van der Waals surface area contributed by atoms with Gasteiger partial charge in [-0.05, 0) is 43.9 Å². The highest BCUT2D eigenvalue weighted by Crippen LogP contribution is 2.38. The van der Waals surface area contributed by atoms with E-state index >= 15 is 0 Å². The van der Waals surface area contributed by atoms with Crippen LogP contribution in [0.5, 0.6) is 0 Å². The quantitative estimate of drug-likeness (QED) is 0.832. The van der Waals surface area contributed by atoms with Crippen LogP contribution in [-0.2, 0) is 0 Å². The second kappa shape index (κ2) is 7.02. The summed E-state index contributed by atoms with van der Waals surface area (Å²) in [5.74, 6) is 0.763. The third kappa shape index (κ3) is 3.92. The molecule has 2 atom stereocenters. The molecule has 2 unspecified atom stereocenters. The Kier molecular flexibility index (Phi) is 5.35. The first kappa shape index (κ1) is 15.2. The van der Waals surface area contributed by atoms with Gasteiger partial charge in [0.25, 0.3) is 5.91 Å². The second-order valence-electron chi connectivity index (χ2n) is 5.62. The largest absolute Gasteiger partial charge is 0.398 e. The molecule has 1 aromatic rings. The van der Waals surface area contributed by atoms with Crippen molar-refractivity contribution in [1.29, 1.82) is 0 Å². The van der Waals surface area contributed by atoms with E-state index in [9.17, 15) is 4.79 Å². The van der Waals surface area contributed by atoms with E-state index in [4.69, 9.17) is 5.73 Å². The summed E-state index contributed by atoms with van der Waals surface area (Å²) in [6, 6.07) is 5.65. The monoisotopic (exact) mass is 292 g/mol. The van der Waals surface area contributed by atoms with Gasteiger partial charge in [0, 0.05) is 27.9 Å². The van der Waals surface area contributed by atoms with Crippen LogP contribution in [0.15, 0.2) is 23.1 Å². The number of hydrogen-bond acceptors (Lipinski definition) is 3. The molecule has 0 saturated heterocycles. The Morgan fingerprint density at radius 3 is 2.90 bits per heavy atom. The van der Waals surface area contributed by atoms with Gasteiger partial charge in [-0.1, -0.05) is 19.8 Å². The molecule has 1 aliphatic carbocycles. The Morgan fingerprint density at radius 1 is 1.45 bits per heavy atom. The fourth-order valence-electron chi connectivity index (χ4n) is 2.72. The zero-order valence-electron chi connectivity index (χ0n) is 12.3. The second-order valence-corrected chi connectivity index (χ2v) is 6.97. The molecule has 2 rings (SSSR count). The lowest BCUT2D eigenvalue weighted by molar-refractivity contribution is 0.0956. The van der Waals surface area contributed by atoms with Crippen LogP contribution in [0, 0.1) is 5.92 Å². The summed E-state index contributed by atoms with van der Waals surface area (Å²) >= 11 is 1.87. The Balaban J connectivity index is 2.04. The van der Waals surface area contributed by atoms with Crippen molar-refractivity contribution in [3.63, 3.8) is 0 Å². The van der Waals surface area contributed by atoms with Crippen molar-refractivity contribution in [2.75, 3.05) is 12.3 Å². The summed E-state index contributed by atoms with van der Waals surface area (Å²) in [6.07, 6.45) is 5.20. The molecule has 1 saturated carbocycles. The normalized spacial score (nSPS) is 22.5. The minimum atomic E-state index is -0.0537. The molecule has 4 heteroatoms. The molecule has 0 bridgehead atoms. The van der Waals surface area contributed by atoms with Gasteiger partial charge in [0.1, 0.15) is 0 Å². The molecule has 0 aliphatic heterocycles. The molecule has 1 aromatic carbocycles. The number of thioether (sulfide) groups is 1. The summed E-state index contributed by atoms with van der Waals surface area (Å²) < 4.78 is 0. The SMILES string of the molecule is CCNC(=O)c1ccc(SC2CCCC(C)C2)c(N)c1. The molecule has 20 heavy (non-hydrogen) atoms.